The van der Waals surface area contributed by atoms with E-state index in [1.165, 1.54) is 10.8 Å². The molecule has 1 heterocycles. The van der Waals surface area contributed by atoms with Gasteiger partial charge < -0.3 is 37.6 Å². The number of nitrogens with two attached hydrogens (primary N) is 2. The Kier molecular flexibility index (Phi) is 18.0. The van der Waals surface area contributed by atoms with Crippen molar-refractivity contribution in [2.24, 2.45) is 5.73 Å². The van der Waals surface area contributed by atoms with Crippen LogP contribution in [0.4, 0.5) is 37.8 Å². The molecule has 2 aromatic carbocycles. The minimum atomic E-state index is -5.08. The van der Waals surface area contributed by atoms with E-state index >= 15 is 0 Å². The van der Waals surface area contributed by atoms with Crippen LogP contribution < -0.4 is 33.0 Å². The van der Waals surface area contributed by atoms with E-state index in [0.29, 0.717) is 28.1 Å². The molecule has 21 heteroatoms. The highest BCUT2D eigenvalue weighted by Gasteiger charge is 2.38. The van der Waals surface area contributed by atoms with Crippen LogP contribution >= 0.6 is 0 Å². The van der Waals surface area contributed by atoms with Gasteiger partial charge in [0, 0.05) is 41.0 Å². The lowest BCUT2D eigenvalue weighted by molar-refractivity contribution is -0.192. The predicted molar refractivity (Wildman–Crippen MR) is 181 cm³/mol. The number of rotatable bonds is 10. The first kappa shape index (κ1) is 44.9. The molecule has 0 radical (unpaired) electrons. The molecule has 0 spiro atoms. The van der Waals surface area contributed by atoms with Crippen LogP contribution in [0.2, 0.25) is 0 Å². The summed E-state index contributed by atoms with van der Waals surface area (Å²) in [5.41, 5.74) is 14.2. The van der Waals surface area contributed by atoms with Crippen LogP contribution in [-0.2, 0) is 27.5 Å². The summed E-state index contributed by atoms with van der Waals surface area (Å²) in [5, 5.41) is 30.4. The summed E-state index contributed by atoms with van der Waals surface area (Å²) in [6.45, 7) is -0.191. The van der Waals surface area contributed by atoms with Crippen molar-refractivity contribution in [1.29, 1.82) is 5.41 Å². The van der Waals surface area contributed by atoms with Crippen molar-refractivity contribution >= 4 is 41.6 Å². The molecule has 0 aliphatic heterocycles. The first-order chi connectivity index (χ1) is 24.7. The van der Waals surface area contributed by atoms with E-state index in [4.69, 9.17) is 36.7 Å². The van der Waals surface area contributed by atoms with Crippen molar-refractivity contribution < 1.29 is 55.7 Å². The van der Waals surface area contributed by atoms with Gasteiger partial charge in [-0.25, -0.2) is 9.78 Å². The largest absolute Gasteiger partial charge is 0.490 e. The number of nitrogens with zero attached hydrogens (tertiary/aromatic N) is 2. The van der Waals surface area contributed by atoms with E-state index in [-0.39, 0.29) is 55.1 Å². The highest BCUT2D eigenvalue weighted by Crippen LogP contribution is 2.25. The van der Waals surface area contributed by atoms with Gasteiger partial charge in [0.1, 0.15) is 12.4 Å². The van der Waals surface area contributed by atoms with E-state index < -0.39 is 24.4 Å². The molecule has 0 unspecified atom stereocenters. The average Bonchev–Trinajstić information content (AvgIpc) is 3.03. The number of hydrogen-bond acceptors (Lipinski definition) is 9. The number of carbonyl (C=O) groups excluding carboxylic acids is 2. The molecule has 1 aliphatic rings. The van der Waals surface area contributed by atoms with Crippen LogP contribution in [0.25, 0.3) is 11.3 Å². The number of aliphatic carboxylic acids is 1. The van der Waals surface area contributed by atoms with Gasteiger partial charge in [0.05, 0.1) is 11.9 Å². The highest BCUT2D eigenvalue weighted by atomic mass is 19.4. The second kappa shape index (κ2) is 21.3. The Morgan fingerprint density at radius 3 is 2.08 bits per heavy atom. The molecular weight excluding hydrogens is 722 g/mol. The topological polar surface area (TPSA) is 256 Å². The molecule has 53 heavy (non-hydrogen) atoms. The van der Waals surface area contributed by atoms with Crippen LogP contribution in [0, 0.1) is 5.41 Å². The van der Waals surface area contributed by atoms with E-state index in [0.717, 1.165) is 24.8 Å². The second-order valence-electron chi connectivity index (χ2n) is 11.2. The molecular formula is C32H38F6N8O7. The van der Waals surface area contributed by atoms with Gasteiger partial charge in [0.2, 0.25) is 5.91 Å². The summed E-state index contributed by atoms with van der Waals surface area (Å²) in [4.78, 5) is 60.8. The Bertz CT molecular complexity index is 1760. The Balaban J connectivity index is 0.000000856. The fourth-order valence-electron chi connectivity index (χ4n) is 4.20. The standard InChI is InChI=1S/C28H34N8O3.C2HF3O2.CHF3.CH2O2/c1-16(2)34-26-28(39)36(15-24(37)32-13-17-6-8-18(9-7-17)25(30)31)23(14-33-26)19-10-20(12-21(29)11-19)27(38)35-22-4-3-5-22;3-2(4,5)1(6)7;2-1(3)4;2-1-3/h6-12,14,16,22H,3-5,13,15,29H2,1-2H3,(H3,30,31)(H,32,37)(H,33,34)(H,35,38);(H,6,7);1H;1H,(H,2,3). The summed E-state index contributed by atoms with van der Waals surface area (Å²) in [7, 11) is 0. The number of carboxylic acids is 1. The first-order valence-corrected chi connectivity index (χ1v) is 15.3. The molecule has 1 fully saturated rings. The third kappa shape index (κ3) is 16.2. The van der Waals surface area contributed by atoms with Gasteiger partial charge in [0.15, 0.2) is 5.82 Å². The third-order valence-corrected chi connectivity index (χ3v) is 6.73. The number of nitrogen functional groups attached to an aromatic ring is 2. The number of anilines is 2. The molecule has 10 N–H and O–H groups in total. The van der Waals surface area contributed by atoms with Crippen molar-refractivity contribution in [3.8, 4) is 11.3 Å². The summed E-state index contributed by atoms with van der Waals surface area (Å²) in [6.07, 6.45) is -0.592. The lowest BCUT2D eigenvalue weighted by atomic mass is 9.93. The molecule has 4 rings (SSSR count). The zero-order valence-corrected chi connectivity index (χ0v) is 28.2. The zero-order valence-electron chi connectivity index (χ0n) is 28.2. The third-order valence-electron chi connectivity index (χ3n) is 6.73. The number of benzene rings is 2. The normalized spacial score (nSPS) is 12.0. The number of alkyl halides is 6. The number of aromatic nitrogens is 2. The van der Waals surface area contributed by atoms with Gasteiger partial charge in [-0.15, -0.1) is 0 Å². The molecule has 0 bridgehead atoms. The second-order valence-corrected chi connectivity index (χ2v) is 11.2. The molecule has 1 saturated carbocycles. The van der Waals surface area contributed by atoms with Gasteiger partial charge in [0.25, 0.3) is 17.9 Å². The number of halogens is 6. The predicted octanol–water partition coefficient (Wildman–Crippen LogP) is 3.71. The Hall–Kier alpha value is -6.15. The summed E-state index contributed by atoms with van der Waals surface area (Å²) in [6, 6.07) is 12.0. The number of nitrogens with one attached hydrogen (secondary N) is 4. The fourth-order valence-corrected chi connectivity index (χ4v) is 4.20. The van der Waals surface area contributed by atoms with Crippen molar-refractivity contribution in [2.75, 3.05) is 11.1 Å². The number of amides is 2. The average molecular weight is 761 g/mol. The van der Waals surface area contributed by atoms with Crippen molar-refractivity contribution in [1.82, 2.24) is 20.2 Å². The highest BCUT2D eigenvalue weighted by molar-refractivity contribution is 5.97. The van der Waals surface area contributed by atoms with Crippen LogP contribution in [0.3, 0.4) is 0 Å². The van der Waals surface area contributed by atoms with Gasteiger partial charge in [-0.05, 0) is 56.9 Å². The quantitative estimate of drug-likeness (QED) is 0.0486. The minimum Gasteiger partial charge on any atom is -0.483 e. The SMILES string of the molecule is CC(C)Nc1ncc(-c2cc(N)cc(C(=O)NC3CCC3)c2)n(CC(=O)NCc2ccc(C(=N)N)cc2)c1=O.FC(F)F.O=C(O)C(F)(F)F.O=CO. The van der Waals surface area contributed by atoms with E-state index in [9.17, 15) is 40.7 Å². The van der Waals surface area contributed by atoms with Crippen LogP contribution in [-0.4, -0.2) is 74.8 Å². The number of amidine groups is 1. The molecule has 0 atom stereocenters. The maximum absolute atomic E-state index is 13.4. The molecule has 15 nitrogen and oxygen atoms in total. The summed E-state index contributed by atoms with van der Waals surface area (Å²) < 4.78 is 62.1. The minimum absolute atomic E-state index is 0.0359. The lowest BCUT2D eigenvalue weighted by Crippen LogP contribution is -2.39. The number of hydrogen-bond donors (Lipinski definition) is 8. The monoisotopic (exact) mass is 760 g/mol. The molecule has 3 aromatic rings. The molecule has 1 aromatic heterocycles. The molecule has 290 valence electrons. The van der Waals surface area contributed by atoms with Crippen LogP contribution in [0.15, 0.2) is 53.5 Å². The number of carbonyl (C=O) groups is 4. The van der Waals surface area contributed by atoms with Crippen molar-refractivity contribution in [3.63, 3.8) is 0 Å². The van der Waals surface area contributed by atoms with Gasteiger partial charge in [-0.1, -0.05) is 24.3 Å². The van der Waals surface area contributed by atoms with Gasteiger partial charge >= 0.3 is 18.8 Å². The van der Waals surface area contributed by atoms with Crippen LogP contribution in [0.1, 0.15) is 54.6 Å². The maximum Gasteiger partial charge on any atom is 0.490 e. The summed E-state index contributed by atoms with van der Waals surface area (Å²) in [5.74, 6) is -3.30. The van der Waals surface area contributed by atoms with Crippen LogP contribution in [0.5, 0.6) is 0 Å². The molecule has 1 aliphatic carbocycles. The molecule has 0 saturated heterocycles. The van der Waals surface area contributed by atoms with Gasteiger partial charge in [-0.2, -0.15) is 26.3 Å². The summed E-state index contributed by atoms with van der Waals surface area (Å²) >= 11 is 0. The Morgan fingerprint density at radius 1 is 1.08 bits per heavy atom. The van der Waals surface area contributed by atoms with E-state index in [2.05, 4.69) is 20.9 Å². The zero-order chi connectivity index (χ0) is 40.5. The first-order valence-electron chi connectivity index (χ1n) is 15.3. The van der Waals surface area contributed by atoms with E-state index in [1.54, 1.807) is 42.5 Å². The Morgan fingerprint density at radius 2 is 1.62 bits per heavy atom. The van der Waals surface area contributed by atoms with E-state index in [1.807, 2.05) is 13.8 Å². The maximum atomic E-state index is 13.4. The van der Waals surface area contributed by atoms with Gasteiger partial charge in [-0.3, -0.25) is 29.2 Å². The van der Waals surface area contributed by atoms with Crippen molar-refractivity contribution in [2.45, 2.75) is 71.1 Å². The number of carboxylic acid groups (broad SMARTS) is 2. The molecule has 2 amide bonds. The fraction of sp³-hybridized carbons (Fsp3) is 0.344. The lowest BCUT2D eigenvalue weighted by Gasteiger charge is -2.26. The van der Waals surface area contributed by atoms with Crippen molar-refractivity contribution in [3.05, 3.63) is 75.7 Å². The Labute approximate surface area is 297 Å². The smallest absolute Gasteiger partial charge is 0.483 e.